The molecule has 0 bridgehead atoms. The van der Waals surface area contributed by atoms with Crippen molar-refractivity contribution in [2.45, 2.75) is 44.9 Å². The molecule has 106 heavy (non-hydrogen) atoms. The van der Waals surface area contributed by atoms with Gasteiger partial charge in [0.2, 0.25) is 0 Å². The zero-order valence-corrected chi connectivity index (χ0v) is 70.2. The number of hydrogen-bond acceptors (Lipinski definition) is 11. The summed E-state index contributed by atoms with van der Waals surface area (Å²) in [4.78, 5) is 52.8. The molecule has 0 spiro atoms. The van der Waals surface area contributed by atoms with Gasteiger partial charge in [-0.05, 0) is 114 Å². The second-order valence-corrected chi connectivity index (χ2v) is 23.1. The van der Waals surface area contributed by atoms with Gasteiger partial charge < -0.3 is 25.6 Å². The minimum Gasteiger partial charge on any atom is -0.670 e. The first-order chi connectivity index (χ1) is 49.0. The number of thioether (sulfide) groups is 1. The van der Waals surface area contributed by atoms with Crippen molar-refractivity contribution in [3.8, 4) is 45.0 Å². The molecule has 0 fully saturated rings. The third-order valence-corrected chi connectivity index (χ3v) is 15.0. The molecule has 12 nitrogen and oxygen atoms in total. The minimum atomic E-state index is -0.990. The van der Waals surface area contributed by atoms with Gasteiger partial charge in [-0.15, -0.1) is 137 Å². The van der Waals surface area contributed by atoms with Crippen molar-refractivity contribution in [1.29, 1.82) is 0 Å². The molecule has 6 heterocycles. The van der Waals surface area contributed by atoms with Crippen LogP contribution in [0.1, 0.15) is 54.7 Å². The van der Waals surface area contributed by atoms with Gasteiger partial charge in [-0.3, -0.25) is 33.3 Å². The molecular weight excluding hydrogens is 2240 g/mol. The molecule has 549 valence electrons. The van der Waals surface area contributed by atoms with Crippen LogP contribution in [-0.2, 0) is 110 Å². The summed E-state index contributed by atoms with van der Waals surface area (Å²) < 4.78 is 25.8. The molecule has 1 unspecified atom stereocenters. The van der Waals surface area contributed by atoms with Crippen molar-refractivity contribution >= 4 is 67.7 Å². The third-order valence-electron chi connectivity index (χ3n) is 13.8. The van der Waals surface area contributed by atoms with E-state index in [1.54, 1.807) is 48.3 Å². The van der Waals surface area contributed by atoms with Gasteiger partial charge in [0.15, 0.2) is 11.6 Å². The maximum Gasteiger partial charge on any atom is 0.354 e. The summed E-state index contributed by atoms with van der Waals surface area (Å²) in [7, 11) is 0. The van der Waals surface area contributed by atoms with Crippen molar-refractivity contribution in [2.75, 3.05) is 0 Å². The maximum absolute atomic E-state index is 13.2. The SMILES string of the molecule is CC(=O)C=C(C)O.CC(=O)C=C(C)O.Cc1cc[c-]c(-c2ccc3ccccc3n2)c1.Fc1c[c-]c(-c2ccccn2)c(F)c1.O=C(O)c1ccccn1.[Ir].[Ir].[Ir].[Ir].[Ir].[c-]1ccccc1-c1ccc2ccccc2n1.[c-]1ccccc1-c1ccc2ccccc2n1.[c-]1ccccc1C1[N-]c2ccccc2S1. The van der Waals surface area contributed by atoms with Crippen LogP contribution in [0.5, 0.6) is 0 Å². The average molecular weight is 2310 g/mol. The van der Waals surface area contributed by atoms with E-state index >= 15 is 0 Å². The number of benzene rings is 9. The monoisotopic (exact) mass is 2320 g/mol. The molecule has 1 aliphatic heterocycles. The first-order valence-corrected chi connectivity index (χ1v) is 32.5. The summed E-state index contributed by atoms with van der Waals surface area (Å²) in [5.41, 5.74) is 13.3. The Hall–Kier alpha value is -9.34. The standard InChI is InChI=1S/C16H12N.2C15H10N.C13H9NS.C11H6F2N.C6H5NO2.2C5H8O2.5Ir/c1-12-5-4-7-14(11-12)16-10-9-13-6-2-3-8-15(13)17-16;2*1-2-6-12(7-3-1)15-11-10-13-8-4-5-9-14(13)16-15;1-2-6-10(7-3-1)13-14-11-8-4-5-9-12(11)15-13;12-8-4-5-9(10(13)7-8)11-3-1-2-6-14-11;8-6(9)5-3-1-2-4-7-5;2*1-4(6)3-5(2)7;;;;;/h2-6,8-11H,1H3;2*1-6,8-11H;1-6,8-9,13H;1-4,6-7H;1-4H,(H,8,9);2*3,6H,1-2H3;;;;;/q3*-1;-2;-1;;;;;;;;. The Morgan fingerprint density at radius 1 is 0.443 bits per heavy atom. The number of carboxylic acids is 1. The second kappa shape index (κ2) is 48.7. The van der Waals surface area contributed by atoms with Crippen LogP contribution in [0.2, 0.25) is 0 Å². The Morgan fingerprint density at radius 2 is 0.887 bits per heavy atom. The number of rotatable bonds is 8. The number of carbonyl (C=O) groups excluding carboxylic acids is 2. The molecule has 0 aliphatic carbocycles. The zero-order chi connectivity index (χ0) is 71.7. The van der Waals surface area contributed by atoms with Crippen LogP contribution in [0.15, 0.2) is 314 Å². The maximum atomic E-state index is 13.2. The summed E-state index contributed by atoms with van der Waals surface area (Å²) >= 11 is 1.79. The molecule has 5 aromatic heterocycles. The Bertz CT molecular complexity index is 4890. The number of aromatic nitrogens is 5. The number of aryl methyl sites for hydroxylation is 1. The van der Waals surface area contributed by atoms with Crippen molar-refractivity contribution in [1.82, 2.24) is 24.9 Å². The molecule has 1 atom stereocenters. The van der Waals surface area contributed by atoms with E-state index in [2.05, 4.69) is 134 Å². The number of carbonyl (C=O) groups is 3. The third kappa shape index (κ3) is 30.6. The molecule has 20 heteroatoms. The normalized spacial score (nSPS) is 11.1. The van der Waals surface area contributed by atoms with Crippen molar-refractivity contribution in [2.24, 2.45) is 0 Å². The van der Waals surface area contributed by atoms with E-state index in [1.165, 1.54) is 78.7 Å². The van der Waals surface area contributed by atoms with E-state index in [0.29, 0.717) is 5.69 Å². The molecule has 15 rings (SSSR count). The smallest absolute Gasteiger partial charge is 0.354 e. The van der Waals surface area contributed by atoms with Crippen molar-refractivity contribution in [3.63, 3.8) is 0 Å². The Balaban J connectivity index is 0.000000318. The van der Waals surface area contributed by atoms with E-state index < -0.39 is 17.6 Å². The Morgan fingerprint density at radius 3 is 1.28 bits per heavy atom. The van der Waals surface area contributed by atoms with Gasteiger partial charge in [-0.2, -0.15) is 35.9 Å². The molecule has 1 aliphatic rings. The number of fused-ring (bicyclic) bond motifs is 4. The molecule has 9 aromatic carbocycles. The zero-order valence-electron chi connectivity index (χ0n) is 57.4. The van der Waals surface area contributed by atoms with Crippen LogP contribution in [-0.4, -0.2) is 57.8 Å². The number of allylic oxidation sites excluding steroid dienone is 4. The summed E-state index contributed by atoms with van der Waals surface area (Å²) in [6.07, 6.45) is 5.33. The Labute approximate surface area is 688 Å². The molecule has 5 radical (unpaired) electrons. The fourth-order valence-corrected chi connectivity index (χ4v) is 10.4. The number of pyridine rings is 5. The van der Waals surface area contributed by atoms with Gasteiger partial charge in [0.25, 0.3) is 0 Å². The van der Waals surface area contributed by atoms with Crippen LogP contribution in [0.3, 0.4) is 0 Å². The summed E-state index contributed by atoms with van der Waals surface area (Å²) in [5.74, 6) is -2.40. The van der Waals surface area contributed by atoms with Crippen LogP contribution in [0.4, 0.5) is 14.5 Å². The van der Waals surface area contributed by atoms with Gasteiger partial charge in [0.1, 0.15) is 5.69 Å². The molecule has 0 saturated heterocycles. The van der Waals surface area contributed by atoms with Gasteiger partial charge >= 0.3 is 5.97 Å². The number of aliphatic hydroxyl groups excluding tert-OH is 2. The van der Waals surface area contributed by atoms with Gasteiger partial charge in [0.05, 0.1) is 28.1 Å². The quantitative estimate of drug-likeness (QED) is 0.0742. The topological polar surface area (TPSA) is 190 Å². The van der Waals surface area contributed by atoms with E-state index in [0.717, 1.165) is 73.7 Å². The first kappa shape index (κ1) is 90.9. The number of aromatic carboxylic acids is 1. The van der Waals surface area contributed by atoms with E-state index in [1.807, 2.05) is 158 Å². The number of ketones is 2. The van der Waals surface area contributed by atoms with Crippen LogP contribution >= 0.6 is 11.8 Å². The Kier molecular flexibility index (Phi) is 41.8. The number of halogens is 2. The summed E-state index contributed by atoms with van der Waals surface area (Å²) in [6, 6.07) is 102. The van der Waals surface area contributed by atoms with Gasteiger partial charge in [0, 0.05) is 137 Å². The number of hydrogen-bond donors (Lipinski definition) is 3. The number of nitrogens with zero attached hydrogens (tertiary/aromatic N) is 6. The van der Waals surface area contributed by atoms with E-state index in [4.69, 9.17) is 15.3 Å². The van der Waals surface area contributed by atoms with Crippen LogP contribution < -0.4 is 0 Å². The number of carboxylic acid groups (broad SMARTS) is 1. The largest absolute Gasteiger partial charge is 0.670 e. The van der Waals surface area contributed by atoms with E-state index in [-0.39, 0.29) is 140 Å². The fourth-order valence-electron chi connectivity index (χ4n) is 9.34. The molecule has 3 N–H and O–H groups in total. The van der Waals surface area contributed by atoms with Gasteiger partial charge in [-0.1, -0.05) is 151 Å². The first-order valence-electron chi connectivity index (χ1n) is 31.6. The van der Waals surface area contributed by atoms with Crippen molar-refractivity contribution in [3.05, 3.63) is 373 Å². The predicted molar refractivity (Wildman–Crippen MR) is 400 cm³/mol. The molecule has 14 aromatic rings. The van der Waals surface area contributed by atoms with Crippen LogP contribution in [0.25, 0.3) is 83.1 Å². The second-order valence-electron chi connectivity index (χ2n) is 22.0. The summed E-state index contributed by atoms with van der Waals surface area (Å²) in [6.45, 7) is 7.78. The average Bonchev–Trinajstić information content (AvgIpc) is 1.06. The van der Waals surface area contributed by atoms with Crippen molar-refractivity contribution < 1.29 is 139 Å². The van der Waals surface area contributed by atoms with Gasteiger partial charge in [-0.25, -0.2) is 9.78 Å². The predicted octanol–water partition coefficient (Wildman–Crippen LogP) is 21.4. The minimum absolute atomic E-state index is 0. The van der Waals surface area contributed by atoms with Crippen LogP contribution in [0, 0.1) is 48.9 Å². The summed E-state index contributed by atoms with van der Waals surface area (Å²) in [5, 5.41) is 33.4. The molecule has 0 saturated carbocycles. The number of aliphatic hydroxyl groups is 2. The fraction of sp³-hybridized carbons (Fsp3) is 0.0698. The van der Waals surface area contributed by atoms with E-state index in [9.17, 15) is 23.2 Å². The number of para-hydroxylation sites is 4. The molecular formula is C86H68F2Ir5N6O6S-6. The molecule has 0 amide bonds.